The van der Waals surface area contributed by atoms with Crippen molar-refractivity contribution in [1.82, 2.24) is 20.5 Å². The van der Waals surface area contributed by atoms with Gasteiger partial charge in [-0.25, -0.2) is 4.98 Å². The van der Waals surface area contributed by atoms with Crippen LogP contribution in [0.1, 0.15) is 51.0 Å². The average Bonchev–Trinajstić information content (AvgIpc) is 3.47. The van der Waals surface area contributed by atoms with E-state index in [0.717, 1.165) is 37.3 Å². The second-order valence-electron chi connectivity index (χ2n) is 10.9. The number of rotatable bonds is 9. The van der Waals surface area contributed by atoms with Gasteiger partial charge in [-0.3, -0.25) is 14.7 Å². The van der Waals surface area contributed by atoms with Crippen molar-refractivity contribution in [2.75, 3.05) is 37.0 Å². The van der Waals surface area contributed by atoms with Crippen LogP contribution in [0.2, 0.25) is 0 Å². The zero-order chi connectivity index (χ0) is 28.0. The molecule has 0 aliphatic carbocycles. The van der Waals surface area contributed by atoms with Crippen LogP contribution in [-0.2, 0) is 9.53 Å². The van der Waals surface area contributed by atoms with Crippen molar-refractivity contribution in [2.45, 2.75) is 52.7 Å². The Kier molecular flexibility index (Phi) is 8.86. The summed E-state index contributed by atoms with van der Waals surface area (Å²) in [6, 6.07) is 12.9. The quantitative estimate of drug-likeness (QED) is 0.375. The largest absolute Gasteiger partial charge is 0.494 e. The van der Waals surface area contributed by atoms with Gasteiger partial charge in [0.2, 0.25) is 5.91 Å². The lowest BCUT2D eigenvalue weighted by molar-refractivity contribution is -0.129. The number of H-pyrrole nitrogens is 1. The first-order valence-corrected chi connectivity index (χ1v) is 13.3. The van der Waals surface area contributed by atoms with E-state index in [9.17, 15) is 9.59 Å². The molecule has 0 spiro atoms. The zero-order valence-corrected chi connectivity index (χ0v) is 23.3. The standard InChI is InChI=1S/C29H38N6O4/c1-19(29(2,3)4)31-27(36)18-39-21-12-15-35(16-13-21)20-9-10-24(26(17-20)38-5)33-28(37)25-8-6-7-22(32-25)23-11-14-30-34-23/h6-11,14,17,19,21H,12-13,15-16,18H2,1-5H3,(H,30,34)(H,31,36)(H,33,37). The Bertz CT molecular complexity index is 1260. The number of nitrogens with zero attached hydrogens (tertiary/aromatic N) is 3. The SMILES string of the molecule is COc1cc(N2CCC(OCC(=O)NC(C)C(C)(C)C)CC2)ccc1NC(=O)c1cccc(-c2ccn[nH]2)n1. The highest BCUT2D eigenvalue weighted by molar-refractivity contribution is 6.04. The number of amides is 2. The van der Waals surface area contributed by atoms with Gasteiger partial charge >= 0.3 is 0 Å². The predicted molar refractivity (Wildman–Crippen MR) is 151 cm³/mol. The van der Waals surface area contributed by atoms with E-state index in [0.29, 0.717) is 17.1 Å². The number of carbonyl (C=O) groups excluding carboxylic acids is 2. The molecule has 0 radical (unpaired) electrons. The number of carbonyl (C=O) groups is 2. The molecule has 3 N–H and O–H groups in total. The van der Waals surface area contributed by atoms with Crippen LogP contribution < -0.4 is 20.3 Å². The van der Waals surface area contributed by atoms with E-state index >= 15 is 0 Å². The number of ether oxygens (including phenoxy) is 2. The normalized spacial score (nSPS) is 15.1. The molecule has 10 heteroatoms. The molecular weight excluding hydrogens is 496 g/mol. The van der Waals surface area contributed by atoms with Crippen molar-refractivity contribution in [3.8, 4) is 17.1 Å². The van der Waals surface area contributed by atoms with E-state index in [1.807, 2.05) is 31.2 Å². The molecule has 0 bridgehead atoms. The molecule has 1 aliphatic heterocycles. The molecule has 10 nitrogen and oxygen atoms in total. The fourth-order valence-electron chi connectivity index (χ4n) is 4.25. The lowest BCUT2D eigenvalue weighted by atomic mass is 9.88. The predicted octanol–water partition coefficient (Wildman–Crippen LogP) is 4.27. The summed E-state index contributed by atoms with van der Waals surface area (Å²) in [5, 5.41) is 12.7. The van der Waals surface area contributed by atoms with Gasteiger partial charge in [-0.1, -0.05) is 26.8 Å². The topological polar surface area (TPSA) is 121 Å². The highest BCUT2D eigenvalue weighted by atomic mass is 16.5. The Balaban J connectivity index is 1.31. The van der Waals surface area contributed by atoms with E-state index < -0.39 is 0 Å². The number of aromatic amines is 1. The van der Waals surface area contributed by atoms with Crippen LogP contribution in [-0.4, -0.2) is 65.9 Å². The highest BCUT2D eigenvalue weighted by Gasteiger charge is 2.24. The minimum Gasteiger partial charge on any atom is -0.494 e. The van der Waals surface area contributed by atoms with Gasteiger partial charge in [0.05, 0.1) is 30.3 Å². The molecule has 0 saturated carbocycles. The molecule has 2 aromatic heterocycles. The van der Waals surface area contributed by atoms with Crippen molar-refractivity contribution in [1.29, 1.82) is 0 Å². The molecule has 1 fully saturated rings. The number of pyridine rings is 1. The second kappa shape index (κ2) is 12.3. The van der Waals surface area contributed by atoms with Crippen LogP contribution in [0.25, 0.3) is 11.4 Å². The molecule has 3 heterocycles. The molecule has 1 saturated heterocycles. The van der Waals surface area contributed by atoms with Crippen LogP contribution in [0, 0.1) is 5.41 Å². The third kappa shape index (κ3) is 7.35. The zero-order valence-electron chi connectivity index (χ0n) is 23.3. The van der Waals surface area contributed by atoms with Gasteiger partial charge in [0, 0.05) is 37.1 Å². The van der Waals surface area contributed by atoms with Gasteiger partial charge < -0.3 is 25.0 Å². The summed E-state index contributed by atoms with van der Waals surface area (Å²) in [5.74, 6) is 0.153. The minimum absolute atomic E-state index is 0.00293. The van der Waals surface area contributed by atoms with Crippen LogP contribution in [0.3, 0.4) is 0 Å². The fraction of sp³-hybridized carbons (Fsp3) is 0.448. The molecule has 1 atom stereocenters. The Morgan fingerprint density at radius 3 is 2.59 bits per heavy atom. The molecule has 3 aromatic rings. The van der Waals surface area contributed by atoms with Gasteiger partial charge in [0.15, 0.2) is 0 Å². The van der Waals surface area contributed by atoms with E-state index in [4.69, 9.17) is 9.47 Å². The Morgan fingerprint density at radius 1 is 1.15 bits per heavy atom. The summed E-state index contributed by atoms with van der Waals surface area (Å²) >= 11 is 0. The maximum Gasteiger partial charge on any atom is 0.274 e. The number of nitrogens with one attached hydrogen (secondary N) is 3. The average molecular weight is 535 g/mol. The van der Waals surface area contributed by atoms with Gasteiger partial charge in [0.1, 0.15) is 18.1 Å². The van der Waals surface area contributed by atoms with Crippen LogP contribution in [0.5, 0.6) is 5.75 Å². The first kappa shape index (κ1) is 28.1. The molecular formula is C29H38N6O4. The van der Waals surface area contributed by atoms with E-state index in [1.165, 1.54) is 0 Å². The van der Waals surface area contributed by atoms with Crippen LogP contribution >= 0.6 is 0 Å². The number of hydrogen-bond donors (Lipinski definition) is 3. The summed E-state index contributed by atoms with van der Waals surface area (Å²) < 4.78 is 11.5. The van der Waals surface area contributed by atoms with Gasteiger partial charge in [-0.2, -0.15) is 5.10 Å². The van der Waals surface area contributed by atoms with Gasteiger partial charge in [-0.15, -0.1) is 0 Å². The number of anilines is 2. The maximum absolute atomic E-state index is 12.9. The summed E-state index contributed by atoms with van der Waals surface area (Å²) in [5.41, 5.74) is 3.22. The van der Waals surface area contributed by atoms with Gasteiger partial charge in [0.25, 0.3) is 5.91 Å². The molecule has 1 unspecified atom stereocenters. The molecule has 1 aromatic carbocycles. The smallest absolute Gasteiger partial charge is 0.274 e. The first-order chi connectivity index (χ1) is 18.6. The van der Waals surface area contributed by atoms with E-state index in [1.54, 1.807) is 31.5 Å². The van der Waals surface area contributed by atoms with E-state index in [-0.39, 0.29) is 41.7 Å². The number of piperidine rings is 1. The third-order valence-electron chi connectivity index (χ3n) is 7.13. The van der Waals surface area contributed by atoms with Crippen molar-refractivity contribution in [3.63, 3.8) is 0 Å². The molecule has 208 valence electrons. The molecule has 39 heavy (non-hydrogen) atoms. The number of aromatic nitrogens is 3. The summed E-state index contributed by atoms with van der Waals surface area (Å²) in [6.07, 6.45) is 3.32. The fourth-order valence-corrected chi connectivity index (χ4v) is 4.25. The summed E-state index contributed by atoms with van der Waals surface area (Å²) in [4.78, 5) is 31.9. The number of benzene rings is 1. The number of methoxy groups -OCH3 is 1. The summed E-state index contributed by atoms with van der Waals surface area (Å²) in [7, 11) is 1.58. The van der Waals surface area contributed by atoms with E-state index in [2.05, 4.69) is 51.5 Å². The lowest BCUT2D eigenvalue weighted by Gasteiger charge is -2.34. The van der Waals surface area contributed by atoms with Crippen molar-refractivity contribution < 1.29 is 19.1 Å². The molecule has 4 rings (SSSR count). The summed E-state index contributed by atoms with van der Waals surface area (Å²) in [6.45, 7) is 9.98. The van der Waals surface area contributed by atoms with Gasteiger partial charge in [-0.05, 0) is 55.5 Å². The lowest BCUT2D eigenvalue weighted by Crippen LogP contribution is -2.44. The van der Waals surface area contributed by atoms with Crippen LogP contribution in [0.15, 0.2) is 48.7 Å². The maximum atomic E-state index is 12.9. The molecule has 1 aliphatic rings. The Labute approximate surface area is 229 Å². The highest BCUT2D eigenvalue weighted by Crippen LogP contribution is 2.32. The monoisotopic (exact) mass is 534 g/mol. The second-order valence-corrected chi connectivity index (χ2v) is 10.9. The molecule has 2 amide bonds. The Morgan fingerprint density at radius 2 is 1.92 bits per heavy atom. The third-order valence-corrected chi connectivity index (χ3v) is 7.13. The van der Waals surface area contributed by atoms with Crippen molar-refractivity contribution >= 4 is 23.2 Å². The van der Waals surface area contributed by atoms with Crippen molar-refractivity contribution in [3.05, 3.63) is 54.4 Å². The van der Waals surface area contributed by atoms with Crippen molar-refractivity contribution in [2.24, 2.45) is 5.41 Å². The minimum atomic E-state index is -0.332. The first-order valence-electron chi connectivity index (χ1n) is 13.3. The van der Waals surface area contributed by atoms with Crippen LogP contribution in [0.4, 0.5) is 11.4 Å². The number of hydrogen-bond acceptors (Lipinski definition) is 7. The Hall–Kier alpha value is -3.92.